The number of amides is 1. The Balaban J connectivity index is 1.86. The Labute approximate surface area is 132 Å². The number of rotatable bonds is 7. The van der Waals surface area contributed by atoms with E-state index in [4.69, 9.17) is 5.11 Å². The molecule has 0 fully saturated rings. The molecule has 1 aromatic heterocycles. The molecule has 1 aromatic carbocycles. The first kappa shape index (κ1) is 16.1. The molecule has 0 aliphatic heterocycles. The summed E-state index contributed by atoms with van der Waals surface area (Å²) in [6.45, 7) is 2.40. The van der Waals surface area contributed by atoms with Crippen LogP contribution in [-0.4, -0.2) is 44.8 Å². The van der Waals surface area contributed by atoms with Crippen LogP contribution in [0.2, 0.25) is 0 Å². The van der Waals surface area contributed by atoms with Crippen LogP contribution in [0.3, 0.4) is 0 Å². The second-order valence-corrected chi connectivity index (χ2v) is 5.74. The number of hydrogen-bond acceptors (Lipinski definition) is 4. The molecular weight excluding hydrogens is 302 g/mol. The lowest BCUT2D eigenvalue weighted by atomic mass is 10.2. The van der Waals surface area contributed by atoms with Crippen LogP contribution >= 0.6 is 11.8 Å². The first-order valence-electron chi connectivity index (χ1n) is 6.77. The van der Waals surface area contributed by atoms with Crippen LogP contribution in [0.15, 0.2) is 36.5 Å². The zero-order chi connectivity index (χ0) is 15.9. The molecule has 0 unspecified atom stereocenters. The number of aliphatic carboxylic acids is 1. The second-order valence-electron chi connectivity index (χ2n) is 4.63. The molecule has 0 saturated heterocycles. The minimum absolute atomic E-state index is 0.0494. The van der Waals surface area contributed by atoms with E-state index in [1.807, 2.05) is 25.1 Å². The molecule has 0 aliphatic carbocycles. The van der Waals surface area contributed by atoms with Crippen molar-refractivity contribution in [2.24, 2.45) is 0 Å². The number of hydrogen-bond donors (Lipinski definition) is 2. The number of aromatic nitrogens is 2. The van der Waals surface area contributed by atoms with E-state index in [-0.39, 0.29) is 11.7 Å². The maximum absolute atomic E-state index is 11.9. The quantitative estimate of drug-likeness (QED) is 0.759. The van der Waals surface area contributed by atoms with Crippen molar-refractivity contribution in [1.82, 2.24) is 15.1 Å². The summed E-state index contributed by atoms with van der Waals surface area (Å²) in [7, 11) is 0. The van der Waals surface area contributed by atoms with Crippen molar-refractivity contribution in [3.8, 4) is 5.69 Å². The topological polar surface area (TPSA) is 84.2 Å². The highest BCUT2D eigenvalue weighted by Crippen LogP contribution is 2.11. The third-order valence-corrected chi connectivity index (χ3v) is 3.91. The molecule has 2 N–H and O–H groups in total. The van der Waals surface area contributed by atoms with Gasteiger partial charge < -0.3 is 10.4 Å². The molecule has 0 saturated carbocycles. The highest BCUT2D eigenvalue weighted by Gasteiger charge is 2.06. The molecule has 1 amide bonds. The Bertz CT molecular complexity index is 652. The lowest BCUT2D eigenvalue weighted by molar-refractivity contribution is -0.133. The number of carboxylic acids is 1. The molecule has 0 aliphatic rings. The molecule has 0 spiro atoms. The zero-order valence-corrected chi connectivity index (χ0v) is 13.0. The van der Waals surface area contributed by atoms with Crippen LogP contribution in [0.4, 0.5) is 0 Å². The second kappa shape index (κ2) is 7.65. The number of nitrogens with zero attached hydrogens (tertiary/aromatic N) is 2. The molecule has 116 valence electrons. The molecule has 22 heavy (non-hydrogen) atoms. The van der Waals surface area contributed by atoms with Crippen LogP contribution < -0.4 is 5.32 Å². The van der Waals surface area contributed by atoms with Gasteiger partial charge in [0.05, 0.1) is 11.4 Å². The molecule has 0 atom stereocenters. The number of carboxylic acid groups (broad SMARTS) is 1. The van der Waals surface area contributed by atoms with Gasteiger partial charge in [-0.1, -0.05) is 0 Å². The maximum Gasteiger partial charge on any atom is 0.313 e. The fraction of sp³-hybridized carbons (Fsp3) is 0.267. The molecule has 2 rings (SSSR count). The fourth-order valence-electron chi connectivity index (χ4n) is 1.89. The number of aryl methyl sites for hydroxylation is 1. The molecular formula is C15H17N3O3S. The van der Waals surface area contributed by atoms with E-state index in [9.17, 15) is 9.59 Å². The van der Waals surface area contributed by atoms with E-state index in [1.54, 1.807) is 23.0 Å². The number of carbonyl (C=O) groups excluding carboxylic acids is 1. The van der Waals surface area contributed by atoms with Crippen molar-refractivity contribution in [3.05, 3.63) is 47.8 Å². The van der Waals surface area contributed by atoms with Crippen molar-refractivity contribution in [1.29, 1.82) is 0 Å². The molecule has 2 aromatic rings. The lowest BCUT2D eigenvalue weighted by Gasteiger charge is -2.07. The molecule has 1 heterocycles. The van der Waals surface area contributed by atoms with Gasteiger partial charge in [-0.2, -0.15) is 5.10 Å². The van der Waals surface area contributed by atoms with E-state index < -0.39 is 5.97 Å². The van der Waals surface area contributed by atoms with Gasteiger partial charge in [0.1, 0.15) is 0 Å². The van der Waals surface area contributed by atoms with Crippen LogP contribution in [0.25, 0.3) is 5.69 Å². The normalized spacial score (nSPS) is 10.4. The third-order valence-electron chi connectivity index (χ3n) is 2.96. The van der Waals surface area contributed by atoms with Crippen molar-refractivity contribution >= 4 is 23.6 Å². The first-order chi connectivity index (χ1) is 10.6. The highest BCUT2D eigenvalue weighted by molar-refractivity contribution is 7.99. The Morgan fingerprint density at radius 1 is 1.27 bits per heavy atom. The van der Waals surface area contributed by atoms with Crippen molar-refractivity contribution < 1.29 is 14.7 Å². The van der Waals surface area contributed by atoms with Gasteiger partial charge in [0.2, 0.25) is 0 Å². The van der Waals surface area contributed by atoms with Gasteiger partial charge in [-0.05, 0) is 37.3 Å². The van der Waals surface area contributed by atoms with Crippen LogP contribution in [0, 0.1) is 6.92 Å². The van der Waals surface area contributed by atoms with Crippen molar-refractivity contribution in [2.75, 3.05) is 18.1 Å². The molecule has 0 bridgehead atoms. The van der Waals surface area contributed by atoms with Gasteiger partial charge in [-0.3, -0.25) is 9.59 Å². The number of thioether (sulfide) groups is 1. The van der Waals surface area contributed by atoms with Crippen LogP contribution in [0.1, 0.15) is 16.1 Å². The Morgan fingerprint density at radius 2 is 2.00 bits per heavy atom. The monoisotopic (exact) mass is 319 g/mol. The SMILES string of the molecule is Cc1ccnn1-c1ccc(C(=O)NCCSCC(=O)O)cc1. The third kappa shape index (κ3) is 4.36. The summed E-state index contributed by atoms with van der Waals surface area (Å²) in [6, 6.07) is 9.09. The predicted molar refractivity (Wildman–Crippen MR) is 85.6 cm³/mol. The zero-order valence-electron chi connectivity index (χ0n) is 12.2. The Morgan fingerprint density at radius 3 is 2.59 bits per heavy atom. The smallest absolute Gasteiger partial charge is 0.313 e. The van der Waals surface area contributed by atoms with Gasteiger partial charge in [-0.25, -0.2) is 4.68 Å². The summed E-state index contributed by atoms with van der Waals surface area (Å²) < 4.78 is 1.80. The van der Waals surface area contributed by atoms with Crippen molar-refractivity contribution in [3.63, 3.8) is 0 Å². The van der Waals surface area contributed by atoms with E-state index >= 15 is 0 Å². The summed E-state index contributed by atoms with van der Waals surface area (Å²) in [6.07, 6.45) is 1.73. The van der Waals surface area contributed by atoms with Gasteiger partial charge in [-0.15, -0.1) is 11.8 Å². The minimum atomic E-state index is -0.846. The van der Waals surface area contributed by atoms with Gasteiger partial charge >= 0.3 is 5.97 Å². The van der Waals surface area contributed by atoms with Gasteiger partial charge in [0.15, 0.2) is 0 Å². The molecule has 6 nitrogen and oxygen atoms in total. The number of benzene rings is 1. The van der Waals surface area contributed by atoms with E-state index in [0.29, 0.717) is 17.9 Å². The van der Waals surface area contributed by atoms with E-state index in [1.165, 1.54) is 11.8 Å². The van der Waals surface area contributed by atoms with E-state index in [0.717, 1.165) is 11.4 Å². The van der Waals surface area contributed by atoms with Gasteiger partial charge in [0, 0.05) is 29.8 Å². The largest absolute Gasteiger partial charge is 0.481 e. The number of nitrogens with one attached hydrogen (secondary N) is 1. The maximum atomic E-state index is 11.9. The lowest BCUT2D eigenvalue weighted by Crippen LogP contribution is -2.26. The van der Waals surface area contributed by atoms with E-state index in [2.05, 4.69) is 10.4 Å². The fourth-order valence-corrected chi connectivity index (χ4v) is 2.46. The predicted octanol–water partition coefficient (Wildman–Crippen LogP) is 1.73. The summed E-state index contributed by atoms with van der Waals surface area (Å²) in [4.78, 5) is 22.3. The van der Waals surface area contributed by atoms with Crippen LogP contribution in [-0.2, 0) is 4.79 Å². The standard InChI is InChI=1S/C15H17N3O3S/c1-11-6-7-17-18(11)13-4-2-12(3-5-13)15(21)16-8-9-22-10-14(19)20/h2-7H,8-10H2,1H3,(H,16,21)(H,19,20). The summed E-state index contributed by atoms with van der Waals surface area (Å²) in [5, 5.41) is 15.5. The first-order valence-corrected chi connectivity index (χ1v) is 7.92. The summed E-state index contributed by atoms with van der Waals surface area (Å²) >= 11 is 1.27. The molecule has 0 radical (unpaired) electrons. The highest BCUT2D eigenvalue weighted by atomic mass is 32.2. The van der Waals surface area contributed by atoms with Crippen molar-refractivity contribution in [2.45, 2.75) is 6.92 Å². The Hall–Kier alpha value is -2.28. The van der Waals surface area contributed by atoms with Crippen LogP contribution in [0.5, 0.6) is 0 Å². The van der Waals surface area contributed by atoms with Gasteiger partial charge in [0.25, 0.3) is 5.91 Å². The average molecular weight is 319 g/mol. The summed E-state index contributed by atoms with van der Waals surface area (Å²) in [5.74, 6) is -0.392. The Kier molecular flexibility index (Phi) is 5.60. The molecule has 7 heteroatoms. The minimum Gasteiger partial charge on any atom is -0.481 e. The number of carbonyl (C=O) groups is 2. The summed E-state index contributed by atoms with van der Waals surface area (Å²) in [5.41, 5.74) is 2.49. The average Bonchev–Trinajstić information content (AvgIpc) is 2.92.